The van der Waals surface area contributed by atoms with Crippen LogP contribution in [0.3, 0.4) is 0 Å². The zero-order valence-electron chi connectivity index (χ0n) is 11.8. The van der Waals surface area contributed by atoms with Crippen LogP contribution in [0, 0.1) is 6.92 Å². The molecule has 0 saturated heterocycles. The molecule has 0 bridgehead atoms. The number of ether oxygens (including phenoxy) is 1. The summed E-state index contributed by atoms with van der Waals surface area (Å²) in [6.45, 7) is 2.63. The van der Waals surface area contributed by atoms with E-state index in [-0.39, 0.29) is 6.04 Å². The first-order valence-corrected chi connectivity index (χ1v) is 7.31. The van der Waals surface area contributed by atoms with Gasteiger partial charge in [-0.05, 0) is 25.1 Å². The van der Waals surface area contributed by atoms with Gasteiger partial charge < -0.3 is 15.8 Å². The number of fused-ring (bicyclic) bond motifs is 1. The van der Waals surface area contributed by atoms with Crippen LogP contribution in [-0.2, 0) is 0 Å². The second kappa shape index (κ2) is 5.69. The van der Waals surface area contributed by atoms with Crippen molar-refractivity contribution in [3.63, 3.8) is 0 Å². The Morgan fingerprint density at radius 1 is 1.38 bits per heavy atom. The Morgan fingerprint density at radius 2 is 2.19 bits per heavy atom. The van der Waals surface area contributed by atoms with E-state index in [1.165, 1.54) is 0 Å². The van der Waals surface area contributed by atoms with Crippen molar-refractivity contribution in [2.45, 2.75) is 19.4 Å². The van der Waals surface area contributed by atoms with Gasteiger partial charge in [-0.1, -0.05) is 30.4 Å². The first-order valence-electron chi connectivity index (χ1n) is 6.90. The van der Waals surface area contributed by atoms with E-state index in [4.69, 9.17) is 22.7 Å². The Labute approximate surface area is 129 Å². The summed E-state index contributed by atoms with van der Waals surface area (Å²) >= 11 is 5.05. The number of aryl methyl sites for hydroxylation is 1. The maximum absolute atomic E-state index is 5.72. The molecular weight excluding hydrogens is 282 g/mol. The molecule has 3 N–H and O–H groups in total. The summed E-state index contributed by atoms with van der Waals surface area (Å²) in [5, 5.41) is 3.47. The molecule has 4 nitrogen and oxygen atoms in total. The normalized spacial score (nSPS) is 16.7. The second-order valence-corrected chi connectivity index (χ2v) is 5.56. The highest BCUT2D eigenvalue weighted by atomic mass is 32.1. The van der Waals surface area contributed by atoms with Crippen LogP contribution in [0.1, 0.15) is 29.3 Å². The molecule has 1 aromatic heterocycles. The fourth-order valence-corrected chi connectivity index (χ4v) is 2.67. The van der Waals surface area contributed by atoms with E-state index in [9.17, 15) is 0 Å². The predicted octanol–water partition coefficient (Wildman–Crippen LogP) is 2.96. The molecule has 0 spiro atoms. The molecule has 3 rings (SSSR count). The molecule has 1 unspecified atom stereocenters. The number of aromatic nitrogens is 1. The molecule has 1 aliphatic rings. The molecule has 2 aromatic rings. The van der Waals surface area contributed by atoms with Gasteiger partial charge in [0.2, 0.25) is 0 Å². The summed E-state index contributed by atoms with van der Waals surface area (Å²) in [5.41, 5.74) is 8.60. The highest BCUT2D eigenvalue weighted by molar-refractivity contribution is 7.80. The van der Waals surface area contributed by atoms with Crippen molar-refractivity contribution in [2.75, 3.05) is 11.9 Å². The van der Waals surface area contributed by atoms with Crippen molar-refractivity contribution in [2.24, 2.45) is 5.73 Å². The van der Waals surface area contributed by atoms with Crippen LogP contribution in [0.15, 0.2) is 36.4 Å². The minimum absolute atomic E-state index is 0.184. The van der Waals surface area contributed by atoms with Crippen molar-refractivity contribution in [1.29, 1.82) is 0 Å². The van der Waals surface area contributed by atoms with Crippen LogP contribution in [0.25, 0.3) is 0 Å². The first kappa shape index (κ1) is 13.8. The van der Waals surface area contributed by atoms with E-state index in [2.05, 4.69) is 16.4 Å². The van der Waals surface area contributed by atoms with Crippen LogP contribution in [0.4, 0.5) is 5.82 Å². The van der Waals surface area contributed by atoms with Crippen molar-refractivity contribution >= 4 is 23.0 Å². The molecule has 5 heteroatoms. The molecule has 0 fully saturated rings. The highest BCUT2D eigenvalue weighted by Crippen LogP contribution is 2.33. The quantitative estimate of drug-likeness (QED) is 0.853. The Bertz CT molecular complexity index is 687. The SMILES string of the molecule is Cc1cc(C(N)=S)cc(NC2CCOc3ccccc32)n1. The summed E-state index contributed by atoms with van der Waals surface area (Å²) < 4.78 is 5.68. The largest absolute Gasteiger partial charge is 0.493 e. The van der Waals surface area contributed by atoms with E-state index in [0.717, 1.165) is 34.8 Å². The molecule has 21 heavy (non-hydrogen) atoms. The number of nitrogens with one attached hydrogen (secondary N) is 1. The van der Waals surface area contributed by atoms with Crippen LogP contribution in [0.2, 0.25) is 0 Å². The van der Waals surface area contributed by atoms with Gasteiger partial charge in [0.1, 0.15) is 16.6 Å². The molecule has 108 valence electrons. The maximum atomic E-state index is 5.72. The fraction of sp³-hybridized carbons (Fsp3) is 0.250. The van der Waals surface area contributed by atoms with Gasteiger partial charge in [-0.15, -0.1) is 0 Å². The summed E-state index contributed by atoms with van der Waals surface area (Å²) in [4.78, 5) is 4.90. The number of rotatable bonds is 3. The molecule has 1 aromatic carbocycles. The lowest BCUT2D eigenvalue weighted by Gasteiger charge is -2.27. The van der Waals surface area contributed by atoms with Crippen LogP contribution in [0.5, 0.6) is 5.75 Å². The van der Waals surface area contributed by atoms with Gasteiger partial charge in [-0.3, -0.25) is 0 Å². The van der Waals surface area contributed by atoms with Gasteiger partial charge in [0.15, 0.2) is 0 Å². The van der Waals surface area contributed by atoms with Crippen molar-refractivity contribution in [3.05, 3.63) is 53.2 Å². The third kappa shape index (κ3) is 2.97. The number of hydrogen-bond acceptors (Lipinski definition) is 4. The molecule has 0 saturated carbocycles. The smallest absolute Gasteiger partial charge is 0.127 e. The number of hydrogen-bond donors (Lipinski definition) is 2. The molecular formula is C16H17N3OS. The average molecular weight is 299 g/mol. The van der Waals surface area contributed by atoms with E-state index >= 15 is 0 Å². The number of thiocarbonyl (C=S) groups is 1. The van der Waals surface area contributed by atoms with Crippen LogP contribution >= 0.6 is 12.2 Å². The fourth-order valence-electron chi connectivity index (χ4n) is 2.56. The highest BCUT2D eigenvalue weighted by Gasteiger charge is 2.21. The standard InChI is InChI=1S/C16H17N3OS/c1-10-8-11(16(17)21)9-15(18-10)19-13-6-7-20-14-5-3-2-4-12(13)14/h2-5,8-9,13H,6-7H2,1H3,(H2,17,21)(H,18,19). The lowest BCUT2D eigenvalue weighted by molar-refractivity contribution is 0.274. The van der Waals surface area contributed by atoms with Crippen LogP contribution < -0.4 is 15.8 Å². The molecule has 2 heterocycles. The molecule has 0 amide bonds. The van der Waals surface area contributed by atoms with E-state index in [1.54, 1.807) is 0 Å². The molecule has 1 aliphatic heterocycles. The number of nitrogens with two attached hydrogens (primary N) is 1. The number of benzene rings is 1. The lowest BCUT2D eigenvalue weighted by Crippen LogP contribution is -2.21. The molecule has 1 atom stereocenters. The first-order chi connectivity index (χ1) is 10.1. The second-order valence-electron chi connectivity index (χ2n) is 5.12. The zero-order chi connectivity index (χ0) is 14.8. The monoisotopic (exact) mass is 299 g/mol. The summed E-state index contributed by atoms with van der Waals surface area (Å²) in [6, 6.07) is 12.1. The topological polar surface area (TPSA) is 60.2 Å². The lowest BCUT2D eigenvalue weighted by atomic mass is 10.0. The number of pyridine rings is 1. The predicted molar refractivity (Wildman–Crippen MR) is 87.8 cm³/mol. The minimum atomic E-state index is 0.184. The van der Waals surface area contributed by atoms with E-state index < -0.39 is 0 Å². The van der Waals surface area contributed by atoms with Gasteiger partial charge >= 0.3 is 0 Å². The van der Waals surface area contributed by atoms with E-state index in [1.807, 2.05) is 37.3 Å². The van der Waals surface area contributed by atoms with Crippen molar-refractivity contribution < 1.29 is 4.74 Å². The van der Waals surface area contributed by atoms with Gasteiger partial charge in [0.25, 0.3) is 0 Å². The Kier molecular flexibility index (Phi) is 3.75. The number of para-hydroxylation sites is 1. The van der Waals surface area contributed by atoms with Crippen molar-refractivity contribution in [1.82, 2.24) is 4.98 Å². The van der Waals surface area contributed by atoms with E-state index in [0.29, 0.717) is 11.6 Å². The summed E-state index contributed by atoms with van der Waals surface area (Å²) in [5.74, 6) is 1.72. The van der Waals surface area contributed by atoms with Gasteiger partial charge in [0.05, 0.1) is 12.6 Å². The Morgan fingerprint density at radius 3 is 3.00 bits per heavy atom. The summed E-state index contributed by atoms with van der Waals surface area (Å²) in [6.07, 6.45) is 0.898. The third-order valence-corrected chi connectivity index (χ3v) is 3.75. The van der Waals surface area contributed by atoms with Crippen molar-refractivity contribution in [3.8, 4) is 5.75 Å². The Hall–Kier alpha value is -2.14. The van der Waals surface area contributed by atoms with Gasteiger partial charge in [-0.25, -0.2) is 4.98 Å². The van der Waals surface area contributed by atoms with Gasteiger partial charge in [-0.2, -0.15) is 0 Å². The van der Waals surface area contributed by atoms with Gasteiger partial charge in [0, 0.05) is 23.2 Å². The Balaban J connectivity index is 1.90. The maximum Gasteiger partial charge on any atom is 0.127 e. The number of anilines is 1. The minimum Gasteiger partial charge on any atom is -0.493 e. The number of nitrogens with zero attached hydrogens (tertiary/aromatic N) is 1. The molecule has 0 radical (unpaired) electrons. The third-order valence-electron chi connectivity index (χ3n) is 3.52. The summed E-state index contributed by atoms with van der Waals surface area (Å²) in [7, 11) is 0. The molecule has 0 aliphatic carbocycles. The van der Waals surface area contributed by atoms with Crippen LogP contribution in [-0.4, -0.2) is 16.6 Å². The average Bonchev–Trinajstić information content (AvgIpc) is 2.47. The zero-order valence-corrected chi connectivity index (χ0v) is 12.6.